The van der Waals surface area contributed by atoms with E-state index in [2.05, 4.69) is 10.6 Å². The second-order valence-corrected chi connectivity index (χ2v) is 25.4. The van der Waals surface area contributed by atoms with Crippen LogP contribution in [0.4, 0.5) is 17.1 Å². The number of halogens is 2. The fraction of sp³-hybridized carbons (Fsp3) is 0.521. The van der Waals surface area contributed by atoms with Crippen molar-refractivity contribution in [3.8, 4) is 11.5 Å². The molecule has 2 saturated heterocycles. The third-order valence-electron chi connectivity index (χ3n) is 17.8. The first-order valence-corrected chi connectivity index (χ1v) is 35.5. The fourth-order valence-electron chi connectivity index (χ4n) is 12.4. The van der Waals surface area contributed by atoms with E-state index in [1.807, 2.05) is 24.3 Å². The first kappa shape index (κ1) is 80.3. The number of fused-ring (bicyclic) bond motifs is 6. The van der Waals surface area contributed by atoms with Crippen LogP contribution < -0.4 is 29.9 Å². The molecule has 0 spiro atoms. The summed E-state index contributed by atoms with van der Waals surface area (Å²) in [5, 5.41) is 92.0. The standard InChI is InChI=1S/C73H92Cl2N4O24/c74-39-47-41-78(54-37-56(49-8-3-5-10-51(49)64(47)54)100-72-70(91)68(89)66(87)58(43-81)102-72)62(85)17-14-45-13-15-46(16-18-63(86)79-42-48(40-75)65-52-11-6-4-9-50(52)57(38-55(65)79)101-73-71(92)69(90)67(88)59(44-82)103-73)53(36-45)77-61(84)19-22-93-24-26-95-28-30-97-32-34-99-35-33-98-31-29-96-27-25-94-23-20-76-60(83)12-2-1-7-21-80/h3-6,8-11,13-18,21,36-38,47-48,58-59,66-73,81-82,87-92H,1-2,7,12,19-20,22-35,39-44H2,(H,76,83)(H,77,84)/b17-14+,18-16+/t47-,48-,58-,59-,66-,67-,68+,69+,70-,71-,72-,73-/m1/s1. The Morgan fingerprint density at radius 2 is 0.942 bits per heavy atom. The number of alkyl halides is 2. The Labute approximate surface area is 605 Å². The monoisotopic (exact) mass is 1480 g/mol. The number of nitrogens with zero attached hydrogens (tertiary/aromatic N) is 2. The van der Waals surface area contributed by atoms with E-state index in [0.717, 1.165) is 17.4 Å². The van der Waals surface area contributed by atoms with Crippen LogP contribution >= 0.6 is 23.2 Å². The molecule has 0 bridgehead atoms. The van der Waals surface area contributed by atoms with Gasteiger partial charge in [0.25, 0.3) is 11.8 Å². The molecule has 10 N–H and O–H groups in total. The van der Waals surface area contributed by atoms with Crippen LogP contribution in [0.2, 0.25) is 0 Å². The first-order valence-electron chi connectivity index (χ1n) is 34.4. The molecule has 9 rings (SSSR count). The molecule has 30 heteroatoms. The molecule has 5 aromatic rings. The lowest BCUT2D eigenvalue weighted by Gasteiger charge is -2.39. The molecule has 0 radical (unpaired) electrons. The lowest BCUT2D eigenvalue weighted by molar-refractivity contribution is -0.277. The second-order valence-electron chi connectivity index (χ2n) is 24.8. The maximum absolute atomic E-state index is 14.6. The Morgan fingerprint density at radius 1 is 0.505 bits per heavy atom. The maximum Gasteiger partial charge on any atom is 0.251 e. The Balaban J connectivity index is 0.796. The third kappa shape index (κ3) is 21.7. The summed E-state index contributed by atoms with van der Waals surface area (Å²) in [5.41, 5.74) is 3.60. The van der Waals surface area contributed by atoms with Crippen molar-refractivity contribution in [2.75, 3.05) is 152 Å². The normalized spacial score (nSPS) is 23.2. The predicted octanol–water partition coefficient (Wildman–Crippen LogP) is 3.44. The summed E-state index contributed by atoms with van der Waals surface area (Å²) in [6, 6.07) is 22.7. The number of carbonyl (C=O) groups is 5. The van der Waals surface area contributed by atoms with Gasteiger partial charge < -0.3 is 118 Å². The van der Waals surface area contributed by atoms with Gasteiger partial charge in [0.2, 0.25) is 24.4 Å². The van der Waals surface area contributed by atoms with Crippen LogP contribution in [-0.4, -0.2) is 269 Å². The largest absolute Gasteiger partial charge is 0.461 e. The van der Waals surface area contributed by atoms with E-state index < -0.39 is 92.3 Å². The Hall–Kier alpha value is -6.85. The summed E-state index contributed by atoms with van der Waals surface area (Å²) in [4.78, 5) is 68.0. The lowest BCUT2D eigenvalue weighted by atomic mass is 9.95. The van der Waals surface area contributed by atoms with Crippen molar-refractivity contribution in [3.63, 3.8) is 0 Å². The molecule has 4 heterocycles. The van der Waals surface area contributed by atoms with E-state index in [1.165, 1.54) is 28.0 Å². The zero-order chi connectivity index (χ0) is 73.2. The number of benzene rings is 5. The first-order chi connectivity index (χ1) is 50.1. The van der Waals surface area contributed by atoms with Gasteiger partial charge in [-0.2, -0.15) is 0 Å². The fourth-order valence-corrected chi connectivity index (χ4v) is 12.9. The van der Waals surface area contributed by atoms with E-state index in [1.54, 1.807) is 60.7 Å². The number of aliphatic hydroxyl groups excluding tert-OH is 8. The molecule has 562 valence electrons. The van der Waals surface area contributed by atoms with Gasteiger partial charge in [-0.15, -0.1) is 23.2 Å². The smallest absolute Gasteiger partial charge is 0.251 e. The second kappa shape index (κ2) is 41.2. The van der Waals surface area contributed by atoms with Crippen LogP contribution in [0.3, 0.4) is 0 Å². The highest BCUT2D eigenvalue weighted by atomic mass is 35.5. The summed E-state index contributed by atoms with van der Waals surface area (Å²) in [6.45, 7) is 3.91. The lowest BCUT2D eigenvalue weighted by Crippen LogP contribution is -2.60. The number of nitrogens with one attached hydrogen (secondary N) is 2. The Kier molecular flexibility index (Phi) is 32.1. The van der Waals surface area contributed by atoms with E-state index in [9.17, 15) is 64.8 Å². The van der Waals surface area contributed by atoms with E-state index in [4.69, 9.17) is 75.3 Å². The van der Waals surface area contributed by atoms with Gasteiger partial charge in [-0.1, -0.05) is 60.7 Å². The number of hydrogen-bond donors (Lipinski definition) is 10. The molecule has 5 aromatic carbocycles. The summed E-state index contributed by atoms with van der Waals surface area (Å²) < 4.78 is 62.8. The summed E-state index contributed by atoms with van der Waals surface area (Å²) >= 11 is 13.2. The summed E-state index contributed by atoms with van der Waals surface area (Å²) in [5.74, 6) is -1.43. The van der Waals surface area contributed by atoms with Crippen molar-refractivity contribution in [1.82, 2.24) is 5.32 Å². The molecule has 0 aromatic heterocycles. The van der Waals surface area contributed by atoms with Crippen LogP contribution in [-0.2, 0) is 66.6 Å². The quantitative estimate of drug-likeness (QED) is 0.0116. The number of amides is 4. The van der Waals surface area contributed by atoms with Gasteiger partial charge in [-0.25, -0.2) is 0 Å². The molecular weight excluding hydrogens is 1390 g/mol. The van der Waals surface area contributed by atoms with Gasteiger partial charge >= 0.3 is 0 Å². The van der Waals surface area contributed by atoms with Gasteiger partial charge in [0.15, 0.2) is 0 Å². The number of ether oxygens (including phenoxy) is 11. The number of unbranched alkanes of at least 4 members (excludes halogenated alkanes) is 2. The Morgan fingerprint density at radius 3 is 1.39 bits per heavy atom. The van der Waals surface area contributed by atoms with E-state index in [-0.39, 0.29) is 86.0 Å². The molecule has 4 aliphatic rings. The van der Waals surface area contributed by atoms with E-state index in [0.29, 0.717) is 149 Å². The minimum absolute atomic E-state index is 0.0285. The van der Waals surface area contributed by atoms with Crippen LogP contribution in [0, 0.1) is 0 Å². The van der Waals surface area contributed by atoms with Crippen LogP contribution in [0.5, 0.6) is 11.5 Å². The highest BCUT2D eigenvalue weighted by molar-refractivity contribution is 6.20. The minimum Gasteiger partial charge on any atom is -0.461 e. The van der Waals surface area contributed by atoms with Crippen molar-refractivity contribution in [2.24, 2.45) is 0 Å². The number of rotatable bonds is 42. The van der Waals surface area contributed by atoms with Crippen molar-refractivity contribution >= 4 is 104 Å². The SMILES string of the molecule is O=CCCCCC(=O)NCCOCCOCCOCCOCCOCCOCCOCCC(=O)Nc1cc(/C=C/C(=O)N2C[C@@H](CCl)c3c2cc(O[C@@H]2O[C@H](CO)[C@@H](O)[C@H](O)[C@H]2O)c2ccccc32)ccc1/C=C/C(=O)N1C[C@@H](CCl)c2c1cc(O[C@@H]1O[C@H](CO)[C@@H](O)[C@H](O)[C@H]1O)c1ccccc21. The predicted molar refractivity (Wildman–Crippen MR) is 379 cm³/mol. The number of aldehydes is 1. The van der Waals surface area contributed by atoms with Crippen molar-refractivity contribution < 1.29 is 117 Å². The molecule has 12 atom stereocenters. The van der Waals surface area contributed by atoms with E-state index >= 15 is 0 Å². The highest BCUT2D eigenvalue weighted by Crippen LogP contribution is 2.48. The number of anilines is 3. The minimum atomic E-state index is -1.71. The Bertz CT molecular complexity index is 3640. The van der Waals surface area contributed by atoms with Gasteiger partial charge in [0.1, 0.15) is 66.6 Å². The third-order valence-corrected chi connectivity index (χ3v) is 18.5. The maximum atomic E-state index is 14.6. The van der Waals surface area contributed by atoms with Crippen molar-refractivity contribution in [2.45, 2.75) is 105 Å². The highest BCUT2D eigenvalue weighted by Gasteiger charge is 2.47. The molecule has 103 heavy (non-hydrogen) atoms. The van der Waals surface area contributed by atoms with Gasteiger partial charge in [0.05, 0.1) is 124 Å². The molecule has 4 amide bonds. The van der Waals surface area contributed by atoms with Crippen LogP contribution in [0.15, 0.2) is 91.0 Å². The molecule has 0 saturated carbocycles. The molecule has 4 aliphatic heterocycles. The molecule has 28 nitrogen and oxygen atoms in total. The molecular formula is C73H92Cl2N4O24. The zero-order valence-corrected chi connectivity index (χ0v) is 58.5. The van der Waals surface area contributed by atoms with Gasteiger partial charge in [0, 0.05) is 96.8 Å². The van der Waals surface area contributed by atoms with Crippen molar-refractivity contribution in [3.05, 3.63) is 113 Å². The number of aliphatic hydroxyl groups is 8. The molecule has 0 unspecified atom stereocenters. The number of hydrogen-bond acceptors (Lipinski definition) is 24. The topological polar surface area (TPSA) is 379 Å². The summed E-state index contributed by atoms with van der Waals surface area (Å²) in [7, 11) is 0. The average molecular weight is 1480 g/mol. The molecule has 2 fully saturated rings. The molecule has 0 aliphatic carbocycles. The number of carbonyl (C=O) groups excluding carboxylic acids is 5. The van der Waals surface area contributed by atoms with Crippen LogP contribution in [0.1, 0.15) is 66.2 Å². The zero-order valence-electron chi connectivity index (χ0n) is 57.0. The van der Waals surface area contributed by atoms with Gasteiger partial charge in [-0.3, -0.25) is 19.2 Å². The van der Waals surface area contributed by atoms with Crippen molar-refractivity contribution in [1.29, 1.82) is 0 Å². The van der Waals surface area contributed by atoms with Crippen LogP contribution in [0.25, 0.3) is 33.7 Å². The van der Waals surface area contributed by atoms with Gasteiger partial charge in [-0.05, 0) is 64.1 Å². The summed E-state index contributed by atoms with van der Waals surface area (Å²) in [6.07, 6.45) is -6.74. The average Bonchev–Trinajstić information content (AvgIpc) is 1.61.